The molecule has 0 fully saturated rings. The minimum Gasteiger partial charge on any atom is -0.494 e. The molecule has 2 aromatic carbocycles. The molecule has 3 aromatic rings. The van der Waals surface area contributed by atoms with Crippen molar-refractivity contribution in [3.05, 3.63) is 59.8 Å². The van der Waals surface area contributed by atoms with E-state index in [-0.39, 0.29) is 0 Å². The number of para-hydroxylation sites is 1. The molecule has 2 N–H and O–H groups in total. The van der Waals surface area contributed by atoms with Gasteiger partial charge in [-0.25, -0.2) is 0 Å². The Bertz CT molecular complexity index is 864. The number of ether oxygens (including phenoxy) is 1. The van der Waals surface area contributed by atoms with Crippen molar-refractivity contribution in [1.29, 1.82) is 0 Å². The fraction of sp³-hybridized carbons (Fsp3) is 0.250. The van der Waals surface area contributed by atoms with Crippen LogP contribution >= 0.6 is 0 Å². The molecule has 6 nitrogen and oxygen atoms in total. The third kappa shape index (κ3) is 4.27. The molecule has 0 aliphatic carbocycles. The van der Waals surface area contributed by atoms with Crippen molar-refractivity contribution in [1.82, 2.24) is 15.2 Å². The SMILES string of the molecule is CCOc1ccc(Nc2nncc(Nc3c(C)cccc3CC)n2)cc1. The molecule has 0 spiro atoms. The lowest BCUT2D eigenvalue weighted by Gasteiger charge is -2.13. The zero-order chi connectivity index (χ0) is 18.4. The van der Waals surface area contributed by atoms with E-state index in [4.69, 9.17) is 4.74 Å². The Morgan fingerprint density at radius 1 is 1.00 bits per heavy atom. The van der Waals surface area contributed by atoms with E-state index in [9.17, 15) is 0 Å². The predicted molar refractivity (Wildman–Crippen MR) is 105 cm³/mol. The quantitative estimate of drug-likeness (QED) is 0.648. The molecule has 3 rings (SSSR count). The first kappa shape index (κ1) is 17.7. The van der Waals surface area contributed by atoms with Crippen LogP contribution in [0.25, 0.3) is 0 Å². The highest BCUT2D eigenvalue weighted by Gasteiger charge is 2.07. The lowest BCUT2D eigenvalue weighted by Crippen LogP contribution is -2.04. The summed E-state index contributed by atoms with van der Waals surface area (Å²) in [6.07, 6.45) is 2.56. The molecule has 0 atom stereocenters. The first-order chi connectivity index (χ1) is 12.7. The minimum atomic E-state index is 0.436. The zero-order valence-corrected chi connectivity index (χ0v) is 15.3. The van der Waals surface area contributed by atoms with Crippen LogP contribution in [0.1, 0.15) is 25.0 Å². The molecule has 0 bridgehead atoms. The fourth-order valence-electron chi connectivity index (χ4n) is 2.68. The highest BCUT2D eigenvalue weighted by molar-refractivity contribution is 5.65. The van der Waals surface area contributed by atoms with E-state index >= 15 is 0 Å². The third-order valence-electron chi connectivity index (χ3n) is 3.97. The second kappa shape index (κ2) is 8.29. The number of nitrogens with one attached hydrogen (secondary N) is 2. The smallest absolute Gasteiger partial charge is 0.249 e. The van der Waals surface area contributed by atoms with E-state index < -0.39 is 0 Å². The summed E-state index contributed by atoms with van der Waals surface area (Å²) in [5.41, 5.74) is 4.36. The van der Waals surface area contributed by atoms with Crippen LogP contribution in [0, 0.1) is 6.92 Å². The summed E-state index contributed by atoms with van der Waals surface area (Å²) in [5, 5.41) is 14.6. The van der Waals surface area contributed by atoms with Crippen LogP contribution in [0.3, 0.4) is 0 Å². The van der Waals surface area contributed by atoms with Gasteiger partial charge in [-0.15, -0.1) is 5.10 Å². The fourth-order valence-corrected chi connectivity index (χ4v) is 2.68. The van der Waals surface area contributed by atoms with E-state index in [0.717, 1.165) is 23.5 Å². The number of benzene rings is 2. The standard InChI is InChI=1S/C20H23N5O/c1-4-15-8-6-7-14(3)19(15)23-18-13-21-25-20(24-18)22-16-9-11-17(12-10-16)26-5-2/h6-13H,4-5H2,1-3H3,(H2,22,23,24,25). The first-order valence-corrected chi connectivity index (χ1v) is 8.74. The maximum Gasteiger partial charge on any atom is 0.249 e. The normalized spacial score (nSPS) is 10.4. The number of rotatable bonds is 7. The van der Waals surface area contributed by atoms with E-state index in [1.54, 1.807) is 6.20 Å². The van der Waals surface area contributed by atoms with Crippen LogP contribution in [-0.4, -0.2) is 21.8 Å². The summed E-state index contributed by atoms with van der Waals surface area (Å²) >= 11 is 0. The van der Waals surface area contributed by atoms with Crippen molar-refractivity contribution in [3.8, 4) is 5.75 Å². The Hall–Kier alpha value is -3.15. The second-order valence-corrected chi connectivity index (χ2v) is 5.84. The number of anilines is 4. The average molecular weight is 349 g/mol. The lowest BCUT2D eigenvalue weighted by molar-refractivity contribution is 0.340. The van der Waals surface area contributed by atoms with Crippen LogP contribution in [-0.2, 0) is 6.42 Å². The zero-order valence-electron chi connectivity index (χ0n) is 15.3. The average Bonchev–Trinajstić information content (AvgIpc) is 2.65. The van der Waals surface area contributed by atoms with Gasteiger partial charge in [0.25, 0.3) is 0 Å². The number of aromatic nitrogens is 3. The Morgan fingerprint density at radius 2 is 1.81 bits per heavy atom. The molecule has 1 heterocycles. The van der Waals surface area contributed by atoms with Gasteiger partial charge in [-0.05, 0) is 55.7 Å². The summed E-state index contributed by atoms with van der Waals surface area (Å²) < 4.78 is 5.45. The molecule has 0 unspecified atom stereocenters. The predicted octanol–water partition coefficient (Wildman–Crippen LogP) is 4.63. The van der Waals surface area contributed by atoms with Crippen LogP contribution in [0.15, 0.2) is 48.7 Å². The number of hydrogen-bond acceptors (Lipinski definition) is 6. The summed E-state index contributed by atoms with van der Waals surface area (Å²) in [7, 11) is 0. The monoisotopic (exact) mass is 349 g/mol. The summed E-state index contributed by atoms with van der Waals surface area (Å²) in [5.74, 6) is 1.92. The molecule has 0 aliphatic rings. The van der Waals surface area contributed by atoms with Gasteiger partial charge in [0.15, 0.2) is 5.82 Å². The number of nitrogens with zero attached hydrogens (tertiary/aromatic N) is 3. The summed E-state index contributed by atoms with van der Waals surface area (Å²) in [6.45, 7) is 6.82. The highest BCUT2D eigenvalue weighted by Crippen LogP contribution is 2.25. The van der Waals surface area contributed by atoms with Gasteiger partial charge in [-0.1, -0.05) is 25.1 Å². The topological polar surface area (TPSA) is 72.0 Å². The van der Waals surface area contributed by atoms with Crippen molar-refractivity contribution < 1.29 is 4.74 Å². The second-order valence-electron chi connectivity index (χ2n) is 5.84. The van der Waals surface area contributed by atoms with Crippen LogP contribution < -0.4 is 15.4 Å². The third-order valence-corrected chi connectivity index (χ3v) is 3.97. The van der Waals surface area contributed by atoms with Crippen LogP contribution in [0.5, 0.6) is 5.75 Å². The Kier molecular flexibility index (Phi) is 5.63. The molecule has 1 aromatic heterocycles. The van der Waals surface area contributed by atoms with Gasteiger partial charge in [0.05, 0.1) is 12.8 Å². The van der Waals surface area contributed by atoms with E-state index in [1.165, 1.54) is 11.1 Å². The molecule has 134 valence electrons. The molecular weight excluding hydrogens is 326 g/mol. The highest BCUT2D eigenvalue weighted by atomic mass is 16.5. The molecule has 26 heavy (non-hydrogen) atoms. The van der Waals surface area contributed by atoms with Crippen molar-refractivity contribution >= 4 is 23.1 Å². The van der Waals surface area contributed by atoms with E-state index in [2.05, 4.69) is 57.9 Å². The molecule has 6 heteroatoms. The maximum absolute atomic E-state index is 5.45. The Labute approximate surface area is 153 Å². The largest absolute Gasteiger partial charge is 0.494 e. The molecular formula is C20H23N5O. The van der Waals surface area contributed by atoms with Gasteiger partial charge >= 0.3 is 0 Å². The minimum absolute atomic E-state index is 0.436. The first-order valence-electron chi connectivity index (χ1n) is 8.74. The number of hydrogen-bond donors (Lipinski definition) is 2. The van der Waals surface area contributed by atoms with E-state index in [1.807, 2.05) is 31.2 Å². The summed E-state index contributed by atoms with van der Waals surface area (Å²) in [4.78, 5) is 4.51. The molecule has 0 radical (unpaired) electrons. The van der Waals surface area contributed by atoms with Gasteiger partial charge in [0, 0.05) is 11.4 Å². The number of aryl methyl sites for hydroxylation is 2. The lowest BCUT2D eigenvalue weighted by atomic mass is 10.1. The molecule has 0 aliphatic heterocycles. The van der Waals surface area contributed by atoms with Gasteiger partial charge < -0.3 is 15.4 Å². The van der Waals surface area contributed by atoms with Gasteiger partial charge in [-0.3, -0.25) is 0 Å². The van der Waals surface area contributed by atoms with Crippen molar-refractivity contribution in [2.45, 2.75) is 27.2 Å². The van der Waals surface area contributed by atoms with Crippen molar-refractivity contribution in [2.75, 3.05) is 17.2 Å². The van der Waals surface area contributed by atoms with E-state index in [0.29, 0.717) is 18.4 Å². The van der Waals surface area contributed by atoms with Gasteiger partial charge in [0.2, 0.25) is 5.95 Å². The van der Waals surface area contributed by atoms with Gasteiger partial charge in [0.1, 0.15) is 5.75 Å². The van der Waals surface area contributed by atoms with Crippen LogP contribution in [0.4, 0.5) is 23.1 Å². The van der Waals surface area contributed by atoms with Gasteiger partial charge in [-0.2, -0.15) is 10.1 Å². The molecule has 0 saturated carbocycles. The maximum atomic E-state index is 5.45. The molecule has 0 amide bonds. The van der Waals surface area contributed by atoms with Crippen molar-refractivity contribution in [2.24, 2.45) is 0 Å². The Morgan fingerprint density at radius 3 is 2.54 bits per heavy atom. The Balaban J connectivity index is 1.76. The van der Waals surface area contributed by atoms with Crippen LogP contribution in [0.2, 0.25) is 0 Å². The summed E-state index contributed by atoms with van der Waals surface area (Å²) in [6, 6.07) is 13.9. The van der Waals surface area contributed by atoms with Crippen molar-refractivity contribution in [3.63, 3.8) is 0 Å². The molecule has 0 saturated heterocycles.